The second-order valence-electron chi connectivity index (χ2n) is 4.74. The highest BCUT2D eigenvalue weighted by molar-refractivity contribution is 6.30. The lowest BCUT2D eigenvalue weighted by atomic mass is 10.2. The van der Waals surface area contributed by atoms with E-state index in [-0.39, 0.29) is 5.02 Å². The molecule has 0 radical (unpaired) electrons. The third-order valence-electron chi connectivity index (χ3n) is 3.11. The molecule has 1 heterocycles. The number of aryl methyl sites for hydroxylation is 1. The van der Waals surface area contributed by atoms with Crippen LogP contribution in [0.15, 0.2) is 30.6 Å². The van der Waals surface area contributed by atoms with Crippen LogP contribution in [0.5, 0.6) is 0 Å². The van der Waals surface area contributed by atoms with Crippen LogP contribution in [0.1, 0.15) is 12.0 Å². The van der Waals surface area contributed by atoms with Gasteiger partial charge in [-0.1, -0.05) is 11.6 Å². The lowest BCUT2D eigenvalue weighted by Crippen LogP contribution is -2.20. The van der Waals surface area contributed by atoms with E-state index in [1.54, 1.807) is 17.9 Å². The fraction of sp³-hybridized carbons (Fsp3) is 0.400. The molecule has 0 aliphatic rings. The summed E-state index contributed by atoms with van der Waals surface area (Å²) in [6.07, 6.45) is 5.67. The van der Waals surface area contributed by atoms with Crippen LogP contribution >= 0.6 is 11.6 Å². The van der Waals surface area contributed by atoms with Gasteiger partial charge in [0.1, 0.15) is 5.82 Å². The summed E-state index contributed by atoms with van der Waals surface area (Å²) in [5, 5.41) is 7.66. The number of hydrogen-bond acceptors (Lipinski definition) is 3. The highest BCUT2D eigenvalue weighted by atomic mass is 35.5. The van der Waals surface area contributed by atoms with Crippen molar-refractivity contribution in [2.24, 2.45) is 0 Å². The molecule has 0 saturated heterocycles. The highest BCUT2D eigenvalue weighted by Crippen LogP contribution is 2.18. The maximum Gasteiger partial charge on any atom is 0.143 e. The summed E-state index contributed by atoms with van der Waals surface area (Å²) in [5.74, 6) is -0.437. The lowest BCUT2D eigenvalue weighted by Gasteiger charge is -2.03. The molecular formula is C15H19ClFN3O. The number of ether oxygens (including phenoxy) is 1. The molecule has 0 amide bonds. The fourth-order valence-corrected chi connectivity index (χ4v) is 2.09. The molecule has 2 aromatic rings. The Kier molecular flexibility index (Phi) is 6.17. The molecule has 0 fully saturated rings. The van der Waals surface area contributed by atoms with E-state index >= 15 is 0 Å². The Bertz CT molecular complexity index is 574. The van der Waals surface area contributed by atoms with Gasteiger partial charge in [-0.2, -0.15) is 5.10 Å². The van der Waals surface area contributed by atoms with Gasteiger partial charge in [-0.05, 0) is 37.1 Å². The van der Waals surface area contributed by atoms with Crippen LogP contribution in [0, 0.1) is 5.82 Å². The summed E-state index contributed by atoms with van der Waals surface area (Å²) in [6.45, 7) is 2.52. The van der Waals surface area contributed by atoms with Crippen molar-refractivity contribution in [3.05, 3.63) is 47.0 Å². The van der Waals surface area contributed by atoms with Crippen molar-refractivity contribution in [2.45, 2.75) is 12.8 Å². The third-order valence-corrected chi connectivity index (χ3v) is 3.41. The summed E-state index contributed by atoms with van der Waals surface area (Å²) >= 11 is 5.67. The van der Waals surface area contributed by atoms with E-state index in [1.165, 1.54) is 12.1 Å². The summed E-state index contributed by atoms with van der Waals surface area (Å²) in [4.78, 5) is 0. The van der Waals surface area contributed by atoms with Crippen molar-refractivity contribution in [3.63, 3.8) is 0 Å². The minimum atomic E-state index is -0.437. The number of halogens is 2. The maximum atomic E-state index is 13.4. The van der Waals surface area contributed by atoms with Gasteiger partial charge in [0.25, 0.3) is 0 Å². The minimum Gasteiger partial charge on any atom is -0.383 e. The van der Waals surface area contributed by atoms with Gasteiger partial charge in [0.15, 0.2) is 0 Å². The molecule has 6 heteroatoms. The maximum absolute atomic E-state index is 13.4. The standard InChI is InChI=1S/C15H19ClFN3O/c1-21-8-7-18-6-2-3-12-10-19-20(11-12)13-4-5-14(16)15(17)9-13/h4-5,9-11,18H,2-3,6-8H2,1H3. The van der Waals surface area contributed by atoms with Crippen molar-refractivity contribution in [3.8, 4) is 5.69 Å². The van der Waals surface area contributed by atoms with Crippen LogP contribution in [0.2, 0.25) is 5.02 Å². The van der Waals surface area contributed by atoms with Gasteiger partial charge in [0.2, 0.25) is 0 Å². The molecule has 2 rings (SSSR count). The molecule has 0 aliphatic carbocycles. The second-order valence-corrected chi connectivity index (χ2v) is 5.15. The quantitative estimate of drug-likeness (QED) is 0.762. The molecule has 4 nitrogen and oxygen atoms in total. The van der Waals surface area contributed by atoms with Gasteiger partial charge >= 0.3 is 0 Å². The molecule has 1 aromatic carbocycles. The summed E-state index contributed by atoms with van der Waals surface area (Å²) in [6, 6.07) is 4.66. The van der Waals surface area contributed by atoms with Crippen molar-refractivity contribution >= 4 is 11.6 Å². The lowest BCUT2D eigenvalue weighted by molar-refractivity contribution is 0.199. The van der Waals surface area contributed by atoms with Gasteiger partial charge in [-0.25, -0.2) is 9.07 Å². The predicted octanol–water partition coefficient (Wildman–Crippen LogP) is 2.83. The third kappa shape index (κ3) is 4.81. The van der Waals surface area contributed by atoms with Crippen molar-refractivity contribution < 1.29 is 9.13 Å². The Labute approximate surface area is 128 Å². The van der Waals surface area contributed by atoms with E-state index in [0.29, 0.717) is 5.69 Å². The molecule has 0 atom stereocenters. The highest BCUT2D eigenvalue weighted by Gasteiger charge is 2.05. The average molecular weight is 312 g/mol. The Hall–Kier alpha value is -1.43. The number of hydrogen-bond donors (Lipinski definition) is 1. The molecule has 1 N–H and O–H groups in total. The number of benzene rings is 1. The molecule has 1 aromatic heterocycles. The largest absolute Gasteiger partial charge is 0.383 e. The Balaban J connectivity index is 1.85. The van der Waals surface area contributed by atoms with Crippen LogP contribution < -0.4 is 5.32 Å². The van der Waals surface area contributed by atoms with Crippen molar-refractivity contribution in [1.82, 2.24) is 15.1 Å². The fourth-order valence-electron chi connectivity index (χ4n) is 1.97. The average Bonchev–Trinajstić information content (AvgIpc) is 2.94. The van der Waals surface area contributed by atoms with Crippen LogP contribution in [-0.4, -0.2) is 36.6 Å². The first-order valence-electron chi connectivity index (χ1n) is 6.89. The first-order valence-corrected chi connectivity index (χ1v) is 7.27. The first-order chi connectivity index (χ1) is 10.2. The van der Waals surface area contributed by atoms with Gasteiger partial charge in [0.05, 0.1) is 23.5 Å². The zero-order chi connectivity index (χ0) is 15.1. The van der Waals surface area contributed by atoms with Gasteiger partial charge in [0, 0.05) is 25.9 Å². The topological polar surface area (TPSA) is 39.1 Å². The first kappa shape index (κ1) is 15.9. The summed E-state index contributed by atoms with van der Waals surface area (Å²) in [5.41, 5.74) is 1.79. The van der Waals surface area contributed by atoms with Crippen LogP contribution in [0.3, 0.4) is 0 Å². The number of nitrogens with one attached hydrogen (secondary N) is 1. The Morgan fingerprint density at radius 2 is 2.24 bits per heavy atom. The van der Waals surface area contributed by atoms with Gasteiger partial charge in [-0.3, -0.25) is 0 Å². The summed E-state index contributed by atoms with van der Waals surface area (Å²) < 4.78 is 20.1. The van der Waals surface area contributed by atoms with Crippen LogP contribution in [0.25, 0.3) is 5.69 Å². The molecule has 0 saturated carbocycles. The molecule has 0 bridgehead atoms. The van der Waals surface area contributed by atoms with Gasteiger partial charge < -0.3 is 10.1 Å². The van der Waals surface area contributed by atoms with Crippen LogP contribution in [-0.2, 0) is 11.2 Å². The minimum absolute atomic E-state index is 0.119. The van der Waals surface area contributed by atoms with E-state index in [9.17, 15) is 4.39 Å². The zero-order valence-corrected chi connectivity index (χ0v) is 12.7. The van der Waals surface area contributed by atoms with Crippen molar-refractivity contribution in [2.75, 3.05) is 26.8 Å². The van der Waals surface area contributed by atoms with Gasteiger partial charge in [-0.15, -0.1) is 0 Å². The molecule has 21 heavy (non-hydrogen) atoms. The zero-order valence-electron chi connectivity index (χ0n) is 12.0. The van der Waals surface area contributed by atoms with Crippen molar-refractivity contribution in [1.29, 1.82) is 0 Å². The second kappa shape index (κ2) is 8.12. The number of aromatic nitrogens is 2. The molecule has 0 unspecified atom stereocenters. The molecule has 114 valence electrons. The van der Waals surface area contributed by atoms with E-state index in [0.717, 1.165) is 38.1 Å². The number of methoxy groups -OCH3 is 1. The van der Waals surface area contributed by atoms with E-state index in [4.69, 9.17) is 16.3 Å². The SMILES string of the molecule is COCCNCCCc1cnn(-c2ccc(Cl)c(F)c2)c1. The van der Waals surface area contributed by atoms with E-state index in [2.05, 4.69) is 10.4 Å². The number of rotatable bonds is 8. The van der Waals surface area contributed by atoms with E-state index < -0.39 is 5.82 Å². The van der Waals surface area contributed by atoms with E-state index in [1.807, 2.05) is 12.4 Å². The summed E-state index contributed by atoms with van der Waals surface area (Å²) in [7, 11) is 1.69. The number of nitrogens with zero attached hydrogens (tertiary/aromatic N) is 2. The molecule has 0 aliphatic heterocycles. The molecular weight excluding hydrogens is 293 g/mol. The normalized spacial score (nSPS) is 11.0. The Morgan fingerprint density at radius 1 is 1.38 bits per heavy atom. The monoisotopic (exact) mass is 311 g/mol. The Morgan fingerprint density at radius 3 is 3.00 bits per heavy atom. The predicted molar refractivity (Wildman–Crippen MR) is 81.6 cm³/mol. The molecule has 0 spiro atoms. The van der Waals surface area contributed by atoms with Crippen LogP contribution in [0.4, 0.5) is 4.39 Å². The smallest absolute Gasteiger partial charge is 0.143 e.